The Hall–Kier alpha value is -1.07. The van der Waals surface area contributed by atoms with Crippen LogP contribution in [0.1, 0.15) is 0 Å². The molecule has 0 saturated heterocycles. The van der Waals surface area contributed by atoms with Crippen molar-refractivity contribution >= 4 is 0 Å². The fraction of sp³-hybridized carbons (Fsp3) is 0. The molecule has 1 nitrogen and oxygen atoms in total. The highest BCUT2D eigenvalue weighted by Gasteiger charge is 1.98. The Morgan fingerprint density at radius 3 is 1.30 bits per heavy atom. The van der Waals surface area contributed by atoms with E-state index in [2.05, 4.69) is 11.5 Å². The summed E-state index contributed by atoms with van der Waals surface area (Å²) in [7, 11) is 0. The highest BCUT2D eigenvalue weighted by molar-refractivity contribution is 4.77. The van der Waals surface area contributed by atoms with Crippen LogP contribution in [0.5, 0.6) is 0 Å². The van der Waals surface area contributed by atoms with Crippen molar-refractivity contribution in [2.24, 2.45) is 0 Å². The largest absolute Gasteiger partial charge is 0.334 e. The first-order valence-electron chi connectivity index (χ1n) is 1.80. The molecule has 10 heavy (non-hydrogen) atoms. The maximum atomic E-state index is 10.3. The molecule has 0 aromatic heterocycles. The van der Waals surface area contributed by atoms with Gasteiger partial charge in [0.05, 0.1) is 0 Å². The van der Waals surface area contributed by atoms with Gasteiger partial charge in [-0.2, -0.15) is 17.6 Å². The van der Waals surface area contributed by atoms with E-state index >= 15 is 0 Å². The molecule has 0 radical (unpaired) electrons. The van der Waals surface area contributed by atoms with Crippen LogP contribution in [0.15, 0.2) is 25.0 Å². The van der Waals surface area contributed by atoms with Crippen molar-refractivity contribution in [2.75, 3.05) is 0 Å². The summed E-state index contributed by atoms with van der Waals surface area (Å²) in [5.41, 5.74) is 0. The molecule has 0 aliphatic rings. The van der Waals surface area contributed by atoms with Crippen LogP contribution in [0.2, 0.25) is 0 Å². The van der Waals surface area contributed by atoms with E-state index in [1.54, 1.807) is 0 Å². The van der Waals surface area contributed by atoms with E-state index in [4.69, 9.17) is 0 Å². The molecule has 0 aromatic rings. The quantitative estimate of drug-likeness (QED) is 0.425. The van der Waals surface area contributed by atoms with Crippen molar-refractivity contribution in [3.8, 4) is 0 Å². The minimum absolute atomic E-state index is 0.708. The van der Waals surface area contributed by atoms with E-state index < -0.39 is 12.2 Å². The maximum absolute atomic E-state index is 10.3. The molecule has 0 aliphatic heterocycles. The summed E-state index contributed by atoms with van der Waals surface area (Å²) in [6.07, 6.45) is -5.11. The van der Waals surface area contributed by atoms with Crippen molar-refractivity contribution in [3.05, 3.63) is 25.0 Å². The normalized spacial score (nSPS) is 6.90. The molecule has 0 spiro atoms. The Morgan fingerprint density at radius 1 is 1.10 bits per heavy atom. The number of rotatable bonds is 1. The van der Waals surface area contributed by atoms with Crippen molar-refractivity contribution < 1.29 is 27.0 Å². The lowest BCUT2D eigenvalue weighted by Gasteiger charge is -1.69. The number of halogens is 5. The van der Waals surface area contributed by atoms with Crippen LogP contribution in [0.3, 0.4) is 0 Å². The fourth-order valence-electron chi connectivity index (χ4n) is 0. The molecule has 0 fully saturated rings. The van der Waals surface area contributed by atoms with Crippen LogP contribution in [0, 0.1) is 0 Å². The lowest BCUT2D eigenvalue weighted by atomic mass is 11.1. The zero-order valence-corrected chi connectivity index (χ0v) is 4.58. The molecule has 0 atom stereocenters. The van der Waals surface area contributed by atoms with Gasteiger partial charge in [0.25, 0.3) is 0 Å². The fourth-order valence-corrected chi connectivity index (χ4v) is 0. The summed E-state index contributed by atoms with van der Waals surface area (Å²) in [6.45, 7) is 2.88. The van der Waals surface area contributed by atoms with E-state index in [1.165, 1.54) is 0 Å². The molecular weight excluding hydrogens is 159 g/mol. The van der Waals surface area contributed by atoms with Gasteiger partial charge >= 0.3 is 12.2 Å². The van der Waals surface area contributed by atoms with Crippen LogP contribution in [0.25, 0.3) is 0 Å². The third-order valence-corrected chi connectivity index (χ3v) is 0.206. The van der Waals surface area contributed by atoms with E-state index in [0.717, 1.165) is 0 Å². The molecule has 0 amide bonds. The highest BCUT2D eigenvalue weighted by Crippen LogP contribution is 2.08. The Bertz CT molecular complexity index is 103. The minimum atomic E-state index is -2.91. The van der Waals surface area contributed by atoms with Crippen LogP contribution in [0.4, 0.5) is 22.1 Å². The second-order valence-electron chi connectivity index (χ2n) is 0.777. The first-order chi connectivity index (χ1) is 4.56. The summed E-state index contributed by atoms with van der Waals surface area (Å²) in [4.78, 5) is 2.81. The van der Waals surface area contributed by atoms with Crippen molar-refractivity contribution in [1.29, 1.82) is 0 Å². The second kappa shape index (κ2) is 7.93. The van der Waals surface area contributed by atoms with Gasteiger partial charge in [-0.05, 0) is 0 Å². The second-order valence-corrected chi connectivity index (χ2v) is 0.777. The average molecular weight is 162 g/mol. The standard InChI is InChI=1S/C2F4.C2H3FO/c3-1(4)2(5)6;1-2-4-3/h;2H,1H2. The smallest absolute Gasteiger partial charge is 0.303 e. The van der Waals surface area contributed by atoms with Crippen LogP contribution < -0.4 is 0 Å². The number of hydrogen-bond donors (Lipinski definition) is 0. The maximum Gasteiger partial charge on any atom is 0.334 e. The monoisotopic (exact) mass is 162 g/mol. The van der Waals surface area contributed by atoms with Crippen LogP contribution >= 0.6 is 0 Å². The summed E-state index contributed by atoms with van der Waals surface area (Å²) in [6, 6.07) is 0. The van der Waals surface area contributed by atoms with E-state index in [9.17, 15) is 22.1 Å². The van der Waals surface area contributed by atoms with Gasteiger partial charge in [0.2, 0.25) is 0 Å². The molecule has 0 aromatic carbocycles. The predicted octanol–water partition coefficient (Wildman–Crippen LogP) is 3.02. The van der Waals surface area contributed by atoms with Gasteiger partial charge in [-0.3, -0.25) is 0 Å². The average Bonchev–Trinajstić information content (AvgIpc) is 1.89. The molecule has 0 saturated carbocycles. The van der Waals surface area contributed by atoms with E-state index in [-0.39, 0.29) is 0 Å². The van der Waals surface area contributed by atoms with Crippen LogP contribution in [-0.4, -0.2) is 0 Å². The lowest BCUT2D eigenvalue weighted by molar-refractivity contribution is -0.0611. The van der Waals surface area contributed by atoms with E-state index in [0.29, 0.717) is 6.26 Å². The lowest BCUT2D eigenvalue weighted by Crippen LogP contribution is -1.56. The first kappa shape index (κ1) is 11.7. The van der Waals surface area contributed by atoms with Crippen molar-refractivity contribution in [2.45, 2.75) is 0 Å². The molecule has 0 bridgehead atoms. The van der Waals surface area contributed by atoms with Crippen LogP contribution in [-0.2, 0) is 4.94 Å². The summed E-state index contributed by atoms with van der Waals surface area (Å²) >= 11 is 0. The Balaban J connectivity index is 0. The summed E-state index contributed by atoms with van der Waals surface area (Å²) in [5, 5.41) is 0. The SMILES string of the molecule is C=COF.FC(F)=C(F)F. The molecule has 0 heterocycles. The van der Waals surface area contributed by atoms with Gasteiger partial charge in [0.1, 0.15) is 6.26 Å². The zero-order valence-electron chi connectivity index (χ0n) is 4.58. The van der Waals surface area contributed by atoms with Gasteiger partial charge in [-0.15, -0.1) is 0 Å². The molecule has 0 rings (SSSR count). The first-order valence-corrected chi connectivity index (χ1v) is 1.80. The number of hydrogen-bond acceptors (Lipinski definition) is 1. The van der Waals surface area contributed by atoms with Crippen molar-refractivity contribution in [3.63, 3.8) is 0 Å². The highest BCUT2D eigenvalue weighted by atomic mass is 19.3. The third kappa shape index (κ3) is 15.8. The van der Waals surface area contributed by atoms with E-state index in [1.807, 2.05) is 0 Å². The van der Waals surface area contributed by atoms with Gasteiger partial charge in [-0.1, -0.05) is 6.58 Å². The van der Waals surface area contributed by atoms with Gasteiger partial charge in [-0.25, -0.2) is 0 Å². The summed E-state index contributed by atoms with van der Waals surface area (Å²) in [5.74, 6) is 0. The molecule has 0 unspecified atom stereocenters. The Labute approximate surface area is 53.3 Å². The van der Waals surface area contributed by atoms with Crippen molar-refractivity contribution in [1.82, 2.24) is 0 Å². The molecule has 0 aliphatic carbocycles. The van der Waals surface area contributed by atoms with Gasteiger partial charge in [0, 0.05) is 4.53 Å². The van der Waals surface area contributed by atoms with Gasteiger partial charge < -0.3 is 4.94 Å². The topological polar surface area (TPSA) is 9.23 Å². The Morgan fingerprint density at radius 2 is 1.30 bits per heavy atom. The zero-order chi connectivity index (χ0) is 8.57. The molecular formula is C4H3F5O. The molecule has 6 heteroatoms. The molecule has 0 N–H and O–H groups in total. The third-order valence-electron chi connectivity index (χ3n) is 0.206. The summed E-state index contributed by atoms with van der Waals surface area (Å²) < 4.78 is 51.3. The van der Waals surface area contributed by atoms with Gasteiger partial charge in [0.15, 0.2) is 0 Å². The predicted molar refractivity (Wildman–Crippen MR) is 23.8 cm³/mol. The minimum Gasteiger partial charge on any atom is -0.303 e. The molecule has 60 valence electrons. The Kier molecular flexibility index (Phi) is 9.27.